The van der Waals surface area contributed by atoms with Crippen LogP contribution in [0.25, 0.3) is 0 Å². The van der Waals surface area contributed by atoms with E-state index in [2.05, 4.69) is 46.8 Å². The molecule has 6 nitrogen and oxygen atoms in total. The van der Waals surface area contributed by atoms with E-state index < -0.39 is 0 Å². The third kappa shape index (κ3) is 6.16. The summed E-state index contributed by atoms with van der Waals surface area (Å²) in [5, 5.41) is 9.24. The molecule has 1 heterocycles. The van der Waals surface area contributed by atoms with Gasteiger partial charge in [-0.25, -0.2) is 4.79 Å². The predicted octanol–water partition coefficient (Wildman–Crippen LogP) is 4.14. The maximum atomic E-state index is 12.3. The lowest BCUT2D eigenvalue weighted by Crippen LogP contribution is -2.47. The maximum absolute atomic E-state index is 12.3. The second-order valence-electron chi connectivity index (χ2n) is 7.56. The predicted molar refractivity (Wildman–Crippen MR) is 124 cm³/mol. The second kappa shape index (κ2) is 10.4. The van der Waals surface area contributed by atoms with Crippen LogP contribution in [-0.4, -0.2) is 36.8 Å². The van der Waals surface area contributed by atoms with Crippen LogP contribution in [-0.2, 0) is 11.3 Å². The summed E-state index contributed by atoms with van der Waals surface area (Å²) >= 11 is 1.85. The number of nitrogens with zero attached hydrogens (tertiary/aromatic N) is 1. The van der Waals surface area contributed by atoms with Crippen LogP contribution in [0.5, 0.6) is 0 Å². The van der Waals surface area contributed by atoms with Gasteiger partial charge in [-0.3, -0.25) is 4.79 Å². The van der Waals surface area contributed by atoms with Crippen molar-refractivity contribution in [2.45, 2.75) is 43.9 Å². The third-order valence-corrected chi connectivity index (χ3v) is 6.41. The van der Waals surface area contributed by atoms with Gasteiger partial charge in [0.05, 0.1) is 6.54 Å². The minimum absolute atomic E-state index is 0.0467. The van der Waals surface area contributed by atoms with E-state index in [0.29, 0.717) is 24.9 Å². The van der Waals surface area contributed by atoms with E-state index in [4.69, 9.17) is 0 Å². The number of anilines is 2. The quantitative estimate of drug-likeness (QED) is 0.582. The van der Waals surface area contributed by atoms with Crippen LogP contribution in [0.1, 0.15) is 31.4 Å². The SMILES string of the molecule is CCC(C)Sc1ccc(NC(=O)NCc2ccc(N3CCNC(=O)C3)cc2)c(C)c1. The highest BCUT2D eigenvalue weighted by Gasteiger charge is 2.16. The lowest BCUT2D eigenvalue weighted by atomic mass is 10.2. The minimum atomic E-state index is -0.225. The zero-order valence-electron chi connectivity index (χ0n) is 17.8. The number of hydrogen-bond donors (Lipinski definition) is 3. The first-order chi connectivity index (χ1) is 14.4. The fourth-order valence-electron chi connectivity index (χ4n) is 3.20. The highest BCUT2D eigenvalue weighted by molar-refractivity contribution is 7.99. The Balaban J connectivity index is 1.50. The van der Waals surface area contributed by atoms with Crippen molar-refractivity contribution in [1.82, 2.24) is 10.6 Å². The molecule has 160 valence electrons. The fraction of sp³-hybridized carbons (Fsp3) is 0.391. The molecule has 1 saturated heterocycles. The van der Waals surface area contributed by atoms with Crippen molar-refractivity contribution in [3.05, 3.63) is 53.6 Å². The summed E-state index contributed by atoms with van der Waals surface area (Å²) in [5.41, 5.74) is 3.89. The van der Waals surface area contributed by atoms with Crippen molar-refractivity contribution in [3.63, 3.8) is 0 Å². The van der Waals surface area contributed by atoms with E-state index in [9.17, 15) is 9.59 Å². The number of rotatable bonds is 7. The molecule has 1 fully saturated rings. The molecule has 1 unspecified atom stereocenters. The van der Waals surface area contributed by atoms with Gasteiger partial charge in [0.15, 0.2) is 0 Å². The van der Waals surface area contributed by atoms with Crippen molar-refractivity contribution in [1.29, 1.82) is 0 Å². The van der Waals surface area contributed by atoms with Crippen LogP contribution in [0.4, 0.5) is 16.2 Å². The van der Waals surface area contributed by atoms with Gasteiger partial charge in [0.25, 0.3) is 0 Å². The maximum Gasteiger partial charge on any atom is 0.319 e. The second-order valence-corrected chi connectivity index (χ2v) is 9.07. The molecule has 0 radical (unpaired) electrons. The van der Waals surface area contributed by atoms with Crippen molar-refractivity contribution >= 4 is 35.1 Å². The molecule has 30 heavy (non-hydrogen) atoms. The average molecular weight is 427 g/mol. The van der Waals surface area contributed by atoms with E-state index in [-0.39, 0.29) is 11.9 Å². The Kier molecular flexibility index (Phi) is 7.63. The Bertz CT molecular complexity index is 885. The Morgan fingerprint density at radius 2 is 2.00 bits per heavy atom. The third-order valence-electron chi connectivity index (χ3n) is 5.15. The summed E-state index contributed by atoms with van der Waals surface area (Å²) in [6.45, 7) is 8.70. The van der Waals surface area contributed by atoms with Crippen molar-refractivity contribution in [2.75, 3.05) is 29.9 Å². The molecule has 3 rings (SSSR count). The van der Waals surface area contributed by atoms with Gasteiger partial charge in [-0.2, -0.15) is 0 Å². The van der Waals surface area contributed by atoms with Gasteiger partial charge >= 0.3 is 6.03 Å². The first-order valence-electron chi connectivity index (χ1n) is 10.4. The number of amides is 3. The normalized spacial score (nSPS) is 14.8. The molecule has 1 aliphatic rings. The first-order valence-corrected chi connectivity index (χ1v) is 11.3. The highest BCUT2D eigenvalue weighted by Crippen LogP contribution is 2.28. The summed E-state index contributed by atoms with van der Waals surface area (Å²) in [5.74, 6) is 0.0467. The number of nitrogens with one attached hydrogen (secondary N) is 3. The molecule has 1 aliphatic heterocycles. The Hall–Kier alpha value is -2.67. The Labute approximate surface area is 182 Å². The molecule has 1 atom stereocenters. The van der Waals surface area contributed by atoms with Gasteiger partial charge in [-0.15, -0.1) is 11.8 Å². The summed E-state index contributed by atoms with van der Waals surface area (Å²) in [4.78, 5) is 27.1. The molecule has 0 aromatic heterocycles. The summed E-state index contributed by atoms with van der Waals surface area (Å²) in [6.07, 6.45) is 1.13. The van der Waals surface area contributed by atoms with E-state index in [0.717, 1.165) is 35.5 Å². The largest absolute Gasteiger partial charge is 0.360 e. The van der Waals surface area contributed by atoms with E-state index in [1.807, 2.05) is 49.0 Å². The summed E-state index contributed by atoms with van der Waals surface area (Å²) in [7, 11) is 0. The van der Waals surface area contributed by atoms with Crippen LogP contribution in [0, 0.1) is 6.92 Å². The van der Waals surface area contributed by atoms with E-state index in [1.54, 1.807) is 0 Å². The number of thioether (sulfide) groups is 1. The number of piperazine rings is 1. The van der Waals surface area contributed by atoms with Gasteiger partial charge in [0, 0.05) is 41.2 Å². The molecule has 0 saturated carbocycles. The molecular formula is C23H30N4O2S. The van der Waals surface area contributed by atoms with Crippen molar-refractivity contribution in [3.8, 4) is 0 Å². The number of carbonyl (C=O) groups is 2. The van der Waals surface area contributed by atoms with Crippen LogP contribution in [0.3, 0.4) is 0 Å². The monoisotopic (exact) mass is 426 g/mol. The summed E-state index contributed by atoms with van der Waals surface area (Å²) in [6, 6.07) is 13.9. The number of urea groups is 1. The molecule has 0 spiro atoms. The van der Waals surface area contributed by atoms with Crippen LogP contribution in [0.2, 0.25) is 0 Å². The molecule has 2 aromatic carbocycles. The van der Waals surface area contributed by atoms with E-state index in [1.165, 1.54) is 4.90 Å². The summed E-state index contributed by atoms with van der Waals surface area (Å²) < 4.78 is 0. The molecule has 7 heteroatoms. The Morgan fingerprint density at radius 3 is 2.67 bits per heavy atom. The zero-order valence-corrected chi connectivity index (χ0v) is 18.6. The number of aryl methyl sites for hydroxylation is 1. The molecule has 0 bridgehead atoms. The van der Waals surface area contributed by atoms with Gasteiger partial charge in [-0.05, 0) is 54.8 Å². The lowest BCUT2D eigenvalue weighted by molar-refractivity contribution is -0.120. The van der Waals surface area contributed by atoms with Gasteiger partial charge in [0.2, 0.25) is 5.91 Å². The molecular weight excluding hydrogens is 396 g/mol. The minimum Gasteiger partial charge on any atom is -0.360 e. The molecule has 3 amide bonds. The van der Waals surface area contributed by atoms with Crippen LogP contribution in [0.15, 0.2) is 47.4 Å². The van der Waals surface area contributed by atoms with Gasteiger partial charge in [-0.1, -0.05) is 26.0 Å². The number of carbonyl (C=O) groups excluding carboxylic acids is 2. The lowest BCUT2D eigenvalue weighted by Gasteiger charge is -2.28. The topological polar surface area (TPSA) is 73.5 Å². The van der Waals surface area contributed by atoms with Crippen LogP contribution < -0.4 is 20.9 Å². The van der Waals surface area contributed by atoms with Gasteiger partial charge in [0.1, 0.15) is 0 Å². The van der Waals surface area contributed by atoms with Crippen LogP contribution >= 0.6 is 11.8 Å². The fourth-order valence-corrected chi connectivity index (χ4v) is 4.22. The zero-order chi connectivity index (χ0) is 21.5. The number of hydrogen-bond acceptors (Lipinski definition) is 4. The molecule has 2 aromatic rings. The van der Waals surface area contributed by atoms with Crippen molar-refractivity contribution < 1.29 is 9.59 Å². The van der Waals surface area contributed by atoms with Gasteiger partial charge < -0.3 is 20.9 Å². The van der Waals surface area contributed by atoms with Crippen molar-refractivity contribution in [2.24, 2.45) is 0 Å². The molecule has 3 N–H and O–H groups in total. The smallest absolute Gasteiger partial charge is 0.319 e. The standard InChI is InChI=1S/C23H30N4O2S/c1-4-17(3)30-20-9-10-21(16(2)13-20)26-23(29)25-14-18-5-7-19(8-6-18)27-12-11-24-22(28)15-27/h5-10,13,17H,4,11-12,14-15H2,1-3H3,(H,24,28)(H2,25,26,29). The average Bonchev–Trinajstić information content (AvgIpc) is 2.74. The molecule has 0 aliphatic carbocycles. The first kappa shape index (κ1) is 22.0. The number of benzene rings is 2. The van der Waals surface area contributed by atoms with E-state index >= 15 is 0 Å². The Morgan fingerprint density at radius 1 is 1.23 bits per heavy atom. The highest BCUT2D eigenvalue weighted by atomic mass is 32.2.